The van der Waals surface area contributed by atoms with Gasteiger partial charge in [0.15, 0.2) is 6.04 Å². The van der Waals surface area contributed by atoms with Crippen molar-refractivity contribution in [1.82, 2.24) is 10.6 Å². The molecule has 0 aliphatic carbocycles. The number of aliphatic carboxylic acids is 1. The van der Waals surface area contributed by atoms with Crippen molar-refractivity contribution in [2.75, 3.05) is 20.3 Å². The number of benzene rings is 1. The van der Waals surface area contributed by atoms with Crippen molar-refractivity contribution in [3.05, 3.63) is 34.9 Å². The second kappa shape index (κ2) is 6.89. The van der Waals surface area contributed by atoms with Gasteiger partial charge in [-0.3, -0.25) is 4.79 Å². The Bertz CT molecular complexity index is 537. The third-order valence-corrected chi connectivity index (χ3v) is 3.88. The number of carboxylic acid groups (broad SMARTS) is 1. The average Bonchev–Trinajstić information content (AvgIpc) is 2.93. The molecule has 114 valence electrons. The summed E-state index contributed by atoms with van der Waals surface area (Å²) in [6, 6.07) is 5.26. The van der Waals surface area contributed by atoms with E-state index < -0.39 is 17.9 Å². The first-order valence-corrected chi connectivity index (χ1v) is 6.95. The fraction of sp³-hybridized carbons (Fsp3) is 0.429. The molecule has 3 N–H and O–H groups in total. The maximum absolute atomic E-state index is 12.3. The van der Waals surface area contributed by atoms with Gasteiger partial charge in [0.05, 0.1) is 19.1 Å². The van der Waals surface area contributed by atoms with Crippen LogP contribution in [0.15, 0.2) is 24.3 Å². The minimum atomic E-state index is -1.18. The summed E-state index contributed by atoms with van der Waals surface area (Å²) in [6.07, 6.45) is 0. The molecule has 1 amide bonds. The van der Waals surface area contributed by atoms with Gasteiger partial charge in [0.25, 0.3) is 0 Å². The first-order chi connectivity index (χ1) is 10.0. The number of likely N-dealkylation sites (N-methyl/N-ethyl adjacent to an activating group) is 1. The molecule has 0 bridgehead atoms. The van der Waals surface area contributed by atoms with E-state index in [9.17, 15) is 14.7 Å². The van der Waals surface area contributed by atoms with Crippen LogP contribution >= 0.6 is 11.6 Å². The molecule has 0 aromatic heterocycles. The molecule has 1 heterocycles. The predicted octanol–water partition coefficient (Wildman–Crippen LogP) is 0.816. The Balaban J connectivity index is 2.16. The third-order valence-electron chi connectivity index (χ3n) is 3.54. The van der Waals surface area contributed by atoms with Crippen LogP contribution in [-0.4, -0.2) is 43.3 Å². The van der Waals surface area contributed by atoms with Gasteiger partial charge in [0, 0.05) is 16.6 Å². The Hall–Kier alpha value is -1.63. The number of rotatable bonds is 5. The first kappa shape index (κ1) is 15.8. The number of carbonyl (C=O) groups is 2. The molecule has 21 heavy (non-hydrogen) atoms. The Morgan fingerprint density at radius 1 is 1.38 bits per heavy atom. The van der Waals surface area contributed by atoms with Crippen LogP contribution in [0, 0.1) is 5.92 Å². The zero-order chi connectivity index (χ0) is 15.4. The molecule has 1 fully saturated rings. The van der Waals surface area contributed by atoms with Gasteiger partial charge >= 0.3 is 5.97 Å². The van der Waals surface area contributed by atoms with Gasteiger partial charge in [-0.15, -0.1) is 0 Å². The van der Waals surface area contributed by atoms with E-state index >= 15 is 0 Å². The number of halogens is 1. The average molecular weight is 313 g/mol. The number of nitrogens with one attached hydrogen (secondary N) is 2. The van der Waals surface area contributed by atoms with Crippen LogP contribution < -0.4 is 10.6 Å². The molecule has 0 saturated carbocycles. The van der Waals surface area contributed by atoms with Gasteiger partial charge in [0.1, 0.15) is 0 Å². The number of hydrogen-bond donors (Lipinski definition) is 3. The molecule has 3 atom stereocenters. The third kappa shape index (κ3) is 3.53. The summed E-state index contributed by atoms with van der Waals surface area (Å²) in [5.41, 5.74) is 0.361. The Kier molecular flexibility index (Phi) is 5.17. The number of carbonyl (C=O) groups excluding carboxylic acids is 1. The zero-order valence-electron chi connectivity index (χ0n) is 11.5. The molecule has 1 aromatic rings. The van der Waals surface area contributed by atoms with E-state index in [-0.39, 0.29) is 18.6 Å². The molecule has 0 radical (unpaired) electrons. The van der Waals surface area contributed by atoms with Crippen LogP contribution in [0.25, 0.3) is 0 Å². The maximum atomic E-state index is 12.3. The summed E-state index contributed by atoms with van der Waals surface area (Å²) in [7, 11) is 1.74. The molecule has 1 aliphatic heterocycles. The van der Waals surface area contributed by atoms with Crippen molar-refractivity contribution >= 4 is 23.5 Å². The molecule has 6 nitrogen and oxygen atoms in total. The lowest BCUT2D eigenvalue weighted by atomic mass is 10.0. The smallest absolute Gasteiger partial charge is 0.330 e. The van der Waals surface area contributed by atoms with E-state index in [0.29, 0.717) is 17.2 Å². The van der Waals surface area contributed by atoms with E-state index in [1.165, 1.54) is 0 Å². The van der Waals surface area contributed by atoms with Crippen LogP contribution in [-0.2, 0) is 14.3 Å². The summed E-state index contributed by atoms with van der Waals surface area (Å²) in [6.45, 7) is 0.699. The highest BCUT2D eigenvalue weighted by atomic mass is 35.5. The van der Waals surface area contributed by atoms with Crippen LogP contribution in [0.1, 0.15) is 11.6 Å². The van der Waals surface area contributed by atoms with Crippen LogP contribution in [0.2, 0.25) is 5.02 Å². The Morgan fingerprint density at radius 2 is 2.10 bits per heavy atom. The minimum absolute atomic E-state index is 0.120. The SMILES string of the molecule is CNC1COCC1C(=O)N[C@@H](C(=O)O)c1ccccc1Cl. The molecule has 7 heteroatoms. The summed E-state index contributed by atoms with van der Waals surface area (Å²) in [5.74, 6) is -1.94. The van der Waals surface area contributed by atoms with Gasteiger partial charge < -0.3 is 20.5 Å². The lowest BCUT2D eigenvalue weighted by Gasteiger charge is -2.21. The maximum Gasteiger partial charge on any atom is 0.330 e. The van der Waals surface area contributed by atoms with Gasteiger partial charge in [-0.2, -0.15) is 0 Å². The largest absolute Gasteiger partial charge is 0.479 e. The van der Waals surface area contributed by atoms with Gasteiger partial charge in [0.2, 0.25) is 5.91 Å². The second-order valence-electron chi connectivity index (χ2n) is 4.84. The van der Waals surface area contributed by atoms with E-state index in [2.05, 4.69) is 10.6 Å². The van der Waals surface area contributed by atoms with Crippen molar-refractivity contribution < 1.29 is 19.4 Å². The molecule has 2 unspecified atom stereocenters. The van der Waals surface area contributed by atoms with Crippen molar-refractivity contribution in [2.45, 2.75) is 12.1 Å². The van der Waals surface area contributed by atoms with E-state index in [1.54, 1.807) is 31.3 Å². The fourth-order valence-electron chi connectivity index (χ4n) is 2.33. The normalized spacial score (nSPS) is 22.8. The number of ether oxygens (including phenoxy) is 1. The van der Waals surface area contributed by atoms with Crippen molar-refractivity contribution in [3.63, 3.8) is 0 Å². The monoisotopic (exact) mass is 312 g/mol. The van der Waals surface area contributed by atoms with Crippen molar-refractivity contribution in [3.8, 4) is 0 Å². The van der Waals surface area contributed by atoms with Crippen LogP contribution in [0.5, 0.6) is 0 Å². The molecule has 1 aromatic carbocycles. The lowest BCUT2D eigenvalue weighted by Crippen LogP contribution is -2.45. The molecule has 1 saturated heterocycles. The summed E-state index contributed by atoms with van der Waals surface area (Å²) >= 11 is 6.01. The molecular weight excluding hydrogens is 296 g/mol. The highest BCUT2D eigenvalue weighted by Crippen LogP contribution is 2.24. The van der Waals surface area contributed by atoms with E-state index in [0.717, 1.165) is 0 Å². The fourth-order valence-corrected chi connectivity index (χ4v) is 2.57. The lowest BCUT2D eigenvalue weighted by molar-refractivity contribution is -0.142. The number of amides is 1. The summed E-state index contributed by atoms with van der Waals surface area (Å²) in [5, 5.41) is 15.2. The van der Waals surface area contributed by atoms with Crippen molar-refractivity contribution in [1.29, 1.82) is 0 Å². The van der Waals surface area contributed by atoms with Gasteiger partial charge in [-0.05, 0) is 13.1 Å². The van der Waals surface area contributed by atoms with Crippen molar-refractivity contribution in [2.24, 2.45) is 5.92 Å². The second-order valence-corrected chi connectivity index (χ2v) is 5.25. The summed E-state index contributed by atoms with van der Waals surface area (Å²) in [4.78, 5) is 23.7. The van der Waals surface area contributed by atoms with Gasteiger partial charge in [-0.25, -0.2) is 4.79 Å². The standard InChI is InChI=1S/C14H17ClN2O4/c1-16-11-7-21-6-9(11)13(18)17-12(14(19)20)8-4-2-3-5-10(8)15/h2-5,9,11-12,16H,6-7H2,1H3,(H,17,18)(H,19,20)/t9?,11?,12-/m1/s1. The Labute approximate surface area is 127 Å². The van der Waals surface area contributed by atoms with E-state index in [1.807, 2.05) is 0 Å². The Morgan fingerprint density at radius 3 is 2.71 bits per heavy atom. The van der Waals surface area contributed by atoms with Gasteiger partial charge in [-0.1, -0.05) is 29.8 Å². The molecular formula is C14H17ClN2O4. The van der Waals surface area contributed by atoms with Crippen LogP contribution in [0.3, 0.4) is 0 Å². The van der Waals surface area contributed by atoms with E-state index in [4.69, 9.17) is 16.3 Å². The summed E-state index contributed by atoms with van der Waals surface area (Å²) < 4.78 is 5.26. The molecule has 0 spiro atoms. The highest BCUT2D eigenvalue weighted by molar-refractivity contribution is 6.31. The number of carboxylic acids is 1. The minimum Gasteiger partial charge on any atom is -0.479 e. The zero-order valence-corrected chi connectivity index (χ0v) is 12.3. The topological polar surface area (TPSA) is 87.7 Å². The van der Waals surface area contributed by atoms with Crippen LogP contribution in [0.4, 0.5) is 0 Å². The number of hydrogen-bond acceptors (Lipinski definition) is 4. The quantitative estimate of drug-likeness (QED) is 0.749. The predicted molar refractivity (Wildman–Crippen MR) is 77.1 cm³/mol. The first-order valence-electron chi connectivity index (χ1n) is 6.57. The molecule has 2 rings (SSSR count). The molecule has 1 aliphatic rings. The highest BCUT2D eigenvalue weighted by Gasteiger charge is 2.35.